The van der Waals surface area contributed by atoms with E-state index >= 15 is 0 Å². The van der Waals surface area contributed by atoms with E-state index in [9.17, 15) is 4.79 Å². The van der Waals surface area contributed by atoms with Gasteiger partial charge in [-0.25, -0.2) is 0 Å². The second kappa shape index (κ2) is 13.9. The minimum atomic E-state index is 0. The van der Waals surface area contributed by atoms with E-state index in [4.69, 9.17) is 4.74 Å². The van der Waals surface area contributed by atoms with Gasteiger partial charge in [0, 0.05) is 26.2 Å². The highest BCUT2D eigenvalue weighted by atomic mass is 127. The number of fused-ring (bicyclic) bond motifs is 1. The molecule has 0 aliphatic carbocycles. The summed E-state index contributed by atoms with van der Waals surface area (Å²) in [5.41, 5.74) is 0.853. The Morgan fingerprint density at radius 2 is 2.07 bits per heavy atom. The number of aliphatic imine (C=N–C) groups is 1. The molecule has 27 heavy (non-hydrogen) atoms. The van der Waals surface area contributed by atoms with Gasteiger partial charge in [0.15, 0.2) is 12.6 Å². The molecule has 0 fully saturated rings. The zero-order chi connectivity index (χ0) is 18.6. The molecule has 2 N–H and O–H groups in total. The van der Waals surface area contributed by atoms with Gasteiger partial charge in [-0.3, -0.25) is 9.79 Å². The smallest absolute Gasteiger partial charge is 0.265 e. The number of rotatable bonds is 10. The second-order valence-corrected chi connectivity index (χ2v) is 7.03. The first-order valence-electron chi connectivity index (χ1n) is 9.29. The van der Waals surface area contributed by atoms with Crippen LogP contribution in [0.4, 0.5) is 5.69 Å². The lowest BCUT2D eigenvalue weighted by Crippen LogP contribution is -2.40. The average molecular weight is 506 g/mol. The molecule has 8 heteroatoms. The Morgan fingerprint density at radius 1 is 1.26 bits per heavy atom. The van der Waals surface area contributed by atoms with E-state index < -0.39 is 0 Å². The lowest BCUT2D eigenvalue weighted by Gasteiger charge is -2.29. The number of thioether (sulfide) groups is 1. The number of para-hydroxylation sites is 2. The standard InChI is InChI=1S/C19H30N4O2S.HI/c1-3-20-19(21-11-6-7-14-26-2)22-12-8-13-23-16-9-4-5-10-17(16)25-15-18(23)24;/h4-5,9-10H,3,6-8,11-15H2,1-2H3,(H2,20,21,22);1H. The molecule has 0 unspecified atom stereocenters. The minimum Gasteiger partial charge on any atom is -0.482 e. The molecule has 0 radical (unpaired) electrons. The van der Waals surface area contributed by atoms with E-state index in [-0.39, 0.29) is 36.5 Å². The third kappa shape index (κ3) is 8.16. The van der Waals surface area contributed by atoms with Crippen molar-refractivity contribution in [2.24, 2.45) is 4.99 Å². The number of nitrogens with zero attached hydrogens (tertiary/aromatic N) is 2. The van der Waals surface area contributed by atoms with Crippen LogP contribution in [0.25, 0.3) is 0 Å². The number of nitrogens with one attached hydrogen (secondary N) is 2. The van der Waals surface area contributed by atoms with Crippen LogP contribution in [-0.4, -0.2) is 56.7 Å². The molecular formula is C19H31IN4O2S. The van der Waals surface area contributed by atoms with Gasteiger partial charge >= 0.3 is 0 Å². The number of carbonyl (C=O) groups excluding carboxylic acids is 1. The van der Waals surface area contributed by atoms with Crippen LogP contribution in [0.2, 0.25) is 0 Å². The highest BCUT2D eigenvalue weighted by molar-refractivity contribution is 14.0. The summed E-state index contributed by atoms with van der Waals surface area (Å²) in [6.07, 6.45) is 5.30. The van der Waals surface area contributed by atoms with Gasteiger partial charge in [-0.05, 0) is 50.3 Å². The fourth-order valence-corrected chi connectivity index (χ4v) is 3.23. The second-order valence-electron chi connectivity index (χ2n) is 6.04. The van der Waals surface area contributed by atoms with Gasteiger partial charge in [-0.2, -0.15) is 11.8 Å². The zero-order valence-electron chi connectivity index (χ0n) is 16.2. The van der Waals surface area contributed by atoms with E-state index in [1.165, 1.54) is 12.2 Å². The molecule has 1 aliphatic rings. The summed E-state index contributed by atoms with van der Waals surface area (Å²) in [6.45, 7) is 5.27. The quantitative estimate of drug-likeness (QED) is 0.221. The summed E-state index contributed by atoms with van der Waals surface area (Å²) in [5, 5.41) is 6.64. The maximum atomic E-state index is 12.2. The van der Waals surface area contributed by atoms with Gasteiger partial charge in [0.05, 0.1) is 5.69 Å². The van der Waals surface area contributed by atoms with Crippen molar-refractivity contribution in [1.82, 2.24) is 10.6 Å². The van der Waals surface area contributed by atoms with Gasteiger partial charge in [0.2, 0.25) is 0 Å². The Morgan fingerprint density at radius 3 is 2.85 bits per heavy atom. The van der Waals surface area contributed by atoms with Gasteiger partial charge < -0.3 is 20.3 Å². The molecule has 1 aromatic rings. The minimum absolute atomic E-state index is 0. The van der Waals surface area contributed by atoms with Crippen molar-refractivity contribution in [3.63, 3.8) is 0 Å². The molecule has 0 aromatic heterocycles. The number of guanidine groups is 1. The molecule has 6 nitrogen and oxygen atoms in total. The van der Waals surface area contributed by atoms with Crippen LogP contribution in [0, 0.1) is 0 Å². The molecule has 2 rings (SSSR count). The number of carbonyl (C=O) groups is 1. The van der Waals surface area contributed by atoms with Crippen LogP contribution in [-0.2, 0) is 4.79 Å². The van der Waals surface area contributed by atoms with Crippen molar-refractivity contribution >= 4 is 53.3 Å². The molecule has 1 aliphatic heterocycles. The van der Waals surface area contributed by atoms with Crippen LogP contribution in [0.3, 0.4) is 0 Å². The maximum Gasteiger partial charge on any atom is 0.265 e. The lowest BCUT2D eigenvalue weighted by atomic mass is 10.2. The van der Waals surface area contributed by atoms with Crippen LogP contribution in [0.15, 0.2) is 29.3 Å². The van der Waals surface area contributed by atoms with E-state index in [1.54, 1.807) is 4.90 Å². The van der Waals surface area contributed by atoms with Crippen molar-refractivity contribution < 1.29 is 9.53 Å². The van der Waals surface area contributed by atoms with Crippen LogP contribution < -0.4 is 20.3 Å². The Hall–Kier alpha value is -1.16. The molecular weight excluding hydrogens is 475 g/mol. The predicted molar refractivity (Wildman–Crippen MR) is 126 cm³/mol. The summed E-state index contributed by atoms with van der Waals surface area (Å²) in [4.78, 5) is 18.6. The van der Waals surface area contributed by atoms with E-state index in [0.717, 1.165) is 43.3 Å². The third-order valence-corrected chi connectivity index (χ3v) is 4.73. The molecule has 1 heterocycles. The summed E-state index contributed by atoms with van der Waals surface area (Å²) >= 11 is 1.88. The first kappa shape index (κ1) is 23.9. The van der Waals surface area contributed by atoms with Gasteiger partial charge in [0.1, 0.15) is 5.75 Å². The number of amides is 1. The van der Waals surface area contributed by atoms with Gasteiger partial charge in [0.25, 0.3) is 5.91 Å². The molecule has 0 saturated carbocycles. The zero-order valence-corrected chi connectivity index (χ0v) is 19.3. The number of anilines is 1. The Bertz CT molecular complexity index is 601. The van der Waals surface area contributed by atoms with Crippen molar-refractivity contribution in [1.29, 1.82) is 0 Å². The number of halogens is 1. The first-order valence-corrected chi connectivity index (χ1v) is 10.7. The fraction of sp³-hybridized carbons (Fsp3) is 0.579. The number of unbranched alkanes of at least 4 members (excludes halogenated alkanes) is 1. The normalized spacial score (nSPS) is 13.5. The summed E-state index contributed by atoms with van der Waals surface area (Å²) in [5.74, 6) is 2.83. The Balaban J connectivity index is 0.00000364. The SMILES string of the molecule is CCNC(=NCCCN1C(=O)COc2ccccc21)NCCCCSC.I. The summed E-state index contributed by atoms with van der Waals surface area (Å²) in [7, 11) is 0. The molecule has 1 amide bonds. The molecule has 0 atom stereocenters. The number of benzene rings is 1. The lowest BCUT2D eigenvalue weighted by molar-refractivity contribution is -0.121. The topological polar surface area (TPSA) is 66.0 Å². The fourth-order valence-electron chi connectivity index (χ4n) is 2.74. The first-order chi connectivity index (χ1) is 12.8. The average Bonchev–Trinajstić information content (AvgIpc) is 2.66. The number of ether oxygens (including phenoxy) is 1. The predicted octanol–water partition coefficient (Wildman–Crippen LogP) is 3.12. The van der Waals surface area contributed by atoms with E-state index in [2.05, 4.69) is 28.8 Å². The van der Waals surface area contributed by atoms with Gasteiger partial charge in [-0.15, -0.1) is 24.0 Å². The molecule has 152 valence electrons. The van der Waals surface area contributed by atoms with Crippen LogP contribution in [0.5, 0.6) is 5.75 Å². The highest BCUT2D eigenvalue weighted by Crippen LogP contribution is 2.31. The highest BCUT2D eigenvalue weighted by Gasteiger charge is 2.24. The van der Waals surface area contributed by atoms with Crippen molar-refractivity contribution in [2.45, 2.75) is 26.2 Å². The van der Waals surface area contributed by atoms with Crippen LogP contribution >= 0.6 is 35.7 Å². The Kier molecular flexibility index (Phi) is 12.3. The van der Waals surface area contributed by atoms with E-state index in [1.807, 2.05) is 36.0 Å². The maximum absolute atomic E-state index is 12.2. The molecule has 1 aromatic carbocycles. The monoisotopic (exact) mass is 506 g/mol. The molecule has 0 saturated heterocycles. The Labute approximate surface area is 183 Å². The van der Waals surface area contributed by atoms with Crippen LogP contribution in [0.1, 0.15) is 26.2 Å². The third-order valence-electron chi connectivity index (χ3n) is 4.03. The molecule has 0 bridgehead atoms. The van der Waals surface area contributed by atoms with Crippen molar-refractivity contribution in [3.8, 4) is 5.75 Å². The van der Waals surface area contributed by atoms with Crippen molar-refractivity contribution in [2.75, 3.05) is 49.7 Å². The number of hydrogen-bond donors (Lipinski definition) is 2. The summed E-state index contributed by atoms with van der Waals surface area (Å²) in [6, 6.07) is 7.67. The molecule has 0 spiro atoms. The largest absolute Gasteiger partial charge is 0.482 e. The van der Waals surface area contributed by atoms with E-state index in [0.29, 0.717) is 13.1 Å². The summed E-state index contributed by atoms with van der Waals surface area (Å²) < 4.78 is 5.47. The van der Waals surface area contributed by atoms with Crippen molar-refractivity contribution in [3.05, 3.63) is 24.3 Å². The van der Waals surface area contributed by atoms with Gasteiger partial charge in [-0.1, -0.05) is 12.1 Å². The number of hydrogen-bond acceptors (Lipinski definition) is 4.